The van der Waals surface area contributed by atoms with E-state index < -0.39 is 0 Å². The number of nitrogens with zero attached hydrogens (tertiary/aromatic N) is 2. The molecule has 0 spiro atoms. The maximum Gasteiger partial charge on any atom is -0.00208 e. The molecule has 0 aliphatic carbocycles. The molecule has 0 unspecified atom stereocenters. The molecule has 0 saturated heterocycles. The van der Waals surface area contributed by atoms with Crippen LogP contribution < -0.4 is 0 Å². The van der Waals surface area contributed by atoms with Crippen LogP contribution in [0, 0.1) is 5.53 Å². The summed E-state index contributed by atoms with van der Waals surface area (Å²) >= 11 is 0. The molecule has 0 radical (unpaired) electrons. The first-order valence-corrected chi connectivity index (χ1v) is 0.424. The smallest absolute Gasteiger partial charge is 0.00208 e. The molecule has 0 aromatic carbocycles. The van der Waals surface area contributed by atoms with Gasteiger partial charge in [-0.25, -0.2) is 0 Å². The summed E-state index contributed by atoms with van der Waals surface area (Å²) in [4.78, 5) is 1.75. The van der Waals surface area contributed by atoms with E-state index in [4.69, 9.17) is 11.1 Å². The van der Waals surface area contributed by atoms with E-state index in [0.29, 0.717) is 0 Å². The van der Waals surface area contributed by atoms with Crippen LogP contribution in [0.25, 0.3) is 10.4 Å². The molecule has 4 heavy (non-hydrogen) atoms. The quantitative estimate of drug-likeness (QED) is 0.174. The molecule has 0 aromatic rings. The summed E-state index contributed by atoms with van der Waals surface area (Å²) in [5.74, 6) is 0. The first-order chi connectivity index (χ1) is 1.41. The molecule has 0 rings (SSSR count). The zero-order valence-electron chi connectivity index (χ0n) is 1.39. The van der Waals surface area contributed by atoms with Crippen LogP contribution in [-0.4, -0.2) is 10.1 Å². The summed E-state index contributed by atoms with van der Waals surface area (Å²) in [7, 11) is 0. The van der Waals surface area contributed by atoms with Crippen LogP contribution in [0.4, 0.5) is 0 Å². The van der Waals surface area contributed by atoms with Crippen molar-refractivity contribution in [3.05, 3.63) is 10.4 Å². The molecule has 0 bridgehead atoms. The third-order valence-electron chi connectivity index (χ3n) is 0. The SMILES string of the molecule is [BeH2].[N-]=[N+]=N. The van der Waals surface area contributed by atoms with Crippen LogP contribution >= 0.6 is 0 Å². The van der Waals surface area contributed by atoms with Gasteiger partial charge < -0.3 is 0 Å². The van der Waals surface area contributed by atoms with Crippen molar-refractivity contribution in [2.45, 2.75) is 0 Å². The summed E-state index contributed by atoms with van der Waals surface area (Å²) < 4.78 is 0. The van der Waals surface area contributed by atoms with Crippen LogP contribution in [0.2, 0.25) is 0 Å². The summed E-state index contributed by atoms with van der Waals surface area (Å²) in [6.07, 6.45) is 0. The molecule has 3 nitrogen and oxygen atoms in total. The molecule has 0 atom stereocenters. The van der Waals surface area contributed by atoms with Gasteiger partial charge >= 0.3 is 10.1 Å². The molecule has 0 heterocycles. The zero-order chi connectivity index (χ0) is 2.71. The zero-order valence-corrected chi connectivity index (χ0v) is 1.39. The summed E-state index contributed by atoms with van der Waals surface area (Å²) in [5.41, 5.74) is 12.2. The number of hydrogen-bond donors (Lipinski definition) is 1. The van der Waals surface area contributed by atoms with E-state index in [-0.39, 0.29) is 10.1 Å². The Morgan fingerprint density at radius 1 is 1.75 bits per heavy atom. The predicted octanol–water partition coefficient (Wildman–Crippen LogP) is -0.0407. The Balaban J connectivity index is 0. The third-order valence-corrected chi connectivity index (χ3v) is 0. The molecule has 0 fully saturated rings. The van der Waals surface area contributed by atoms with Gasteiger partial charge in [0.1, 0.15) is 0 Å². The van der Waals surface area contributed by atoms with Crippen molar-refractivity contribution in [3.63, 3.8) is 0 Å². The third kappa shape index (κ3) is 1.25. The topological polar surface area (TPSA) is 60.3 Å². The minimum Gasteiger partial charge on any atom is -0.108 e. The van der Waals surface area contributed by atoms with Crippen LogP contribution in [0.5, 0.6) is 0 Å². The fraction of sp³-hybridized carbons (Fsp3) is 0. The van der Waals surface area contributed by atoms with Crippen molar-refractivity contribution < 1.29 is 0 Å². The second-order valence-electron chi connectivity index (χ2n) is 0.100. The van der Waals surface area contributed by atoms with Crippen LogP contribution in [0.1, 0.15) is 0 Å². The van der Waals surface area contributed by atoms with Crippen molar-refractivity contribution in [2.24, 2.45) is 0 Å². The maximum atomic E-state index is 6.86. The van der Waals surface area contributed by atoms with E-state index in [9.17, 15) is 0 Å². The van der Waals surface area contributed by atoms with Crippen molar-refractivity contribution >= 4 is 10.1 Å². The molecule has 4 heteroatoms. The second kappa shape index (κ2) is 23.6. The summed E-state index contributed by atoms with van der Waals surface area (Å²) in [6.45, 7) is 0. The maximum absolute atomic E-state index is 6.86. The summed E-state index contributed by atoms with van der Waals surface area (Å²) in [5, 5.41) is 0. The van der Waals surface area contributed by atoms with E-state index in [1.165, 1.54) is 0 Å². The van der Waals surface area contributed by atoms with E-state index in [0.717, 1.165) is 0 Å². The second-order valence-corrected chi connectivity index (χ2v) is 0.100. The Bertz CT molecular complexity index is 24.3. The van der Waals surface area contributed by atoms with Crippen LogP contribution in [-0.2, 0) is 0 Å². The van der Waals surface area contributed by atoms with E-state index in [1.54, 1.807) is 4.91 Å². The van der Waals surface area contributed by atoms with Gasteiger partial charge in [0.15, 0.2) is 0 Å². The molecule has 0 aliphatic heterocycles. The monoisotopic (exact) mass is 54.0 g/mol. The molecular formula is H3BeN3. The largest absolute Gasteiger partial charge is 0.108 e. The molecule has 1 N–H and O–H groups in total. The average Bonchev–Trinajstić information content (AvgIpc) is 0.918. The van der Waals surface area contributed by atoms with Gasteiger partial charge in [0.05, 0.1) is 0 Å². The van der Waals surface area contributed by atoms with Gasteiger partial charge in [-0.3, -0.25) is 0 Å². The van der Waals surface area contributed by atoms with Gasteiger partial charge in [0.25, 0.3) is 0 Å². The normalized spacial score (nSPS) is 2.00. The minimum absolute atomic E-state index is 0. The Hall–Kier alpha value is -0.521. The van der Waals surface area contributed by atoms with Crippen LogP contribution in [0.15, 0.2) is 0 Å². The number of hydrogen-bond acceptors (Lipinski definition) is 1. The standard InChI is InChI=1S/Be.HN3.2H/c;1-3-2;;/h;1H;;. The van der Waals surface area contributed by atoms with Crippen molar-refractivity contribution in [3.8, 4) is 0 Å². The van der Waals surface area contributed by atoms with Crippen molar-refractivity contribution in [2.75, 3.05) is 0 Å². The minimum atomic E-state index is 0. The molecule has 20 valence electrons. The fourth-order valence-corrected chi connectivity index (χ4v) is 0. The fourth-order valence-electron chi connectivity index (χ4n) is 0. The number of rotatable bonds is 0. The molecule has 0 aliphatic rings. The van der Waals surface area contributed by atoms with E-state index >= 15 is 0 Å². The van der Waals surface area contributed by atoms with Gasteiger partial charge in [-0.15, -0.1) is 5.53 Å². The molecule has 0 amide bonds. The van der Waals surface area contributed by atoms with Crippen molar-refractivity contribution in [1.29, 1.82) is 5.53 Å². The van der Waals surface area contributed by atoms with Crippen LogP contribution in [0.3, 0.4) is 0 Å². The van der Waals surface area contributed by atoms with Gasteiger partial charge in [-0.05, 0) is 10.4 Å². The average molecular weight is 54.1 g/mol. The van der Waals surface area contributed by atoms with E-state index in [1.807, 2.05) is 0 Å². The van der Waals surface area contributed by atoms with Gasteiger partial charge in [0, 0.05) is 0 Å². The van der Waals surface area contributed by atoms with Crippen molar-refractivity contribution in [1.82, 2.24) is 0 Å². The van der Waals surface area contributed by atoms with Gasteiger partial charge in [0.2, 0.25) is 0 Å². The van der Waals surface area contributed by atoms with Gasteiger partial charge in [-0.2, -0.15) is 0 Å². The Morgan fingerprint density at radius 3 is 1.75 bits per heavy atom. The molecular weight excluding hydrogens is 51.0 g/mol. The van der Waals surface area contributed by atoms with Gasteiger partial charge in [-0.1, -0.05) is 0 Å². The predicted molar refractivity (Wildman–Crippen MR) is 18.0 cm³/mol. The first kappa shape index (κ1) is 9.77. The molecule has 0 aromatic heterocycles. The summed E-state index contributed by atoms with van der Waals surface area (Å²) in [6, 6.07) is 0. The Kier molecular flexibility index (Phi) is 57.8. The van der Waals surface area contributed by atoms with E-state index in [2.05, 4.69) is 0 Å². The Morgan fingerprint density at radius 2 is 1.75 bits per heavy atom. The first-order valence-electron chi connectivity index (χ1n) is 0.424. The number of nitrogens with one attached hydrogen (secondary N) is 1. The molecule has 0 saturated carbocycles. The Labute approximate surface area is 27.3 Å².